The molecular weight excluding hydrogens is 210 g/mol. The summed E-state index contributed by atoms with van der Waals surface area (Å²) in [5, 5.41) is 3.64. The molecule has 0 aromatic rings. The number of nitrogens with one attached hydrogen (secondary N) is 1. The Kier molecular flexibility index (Phi) is 5.30. The summed E-state index contributed by atoms with van der Waals surface area (Å²) in [5.74, 6) is 1.01. The second kappa shape index (κ2) is 6.75. The lowest BCUT2D eigenvalue weighted by Gasteiger charge is -2.25. The Labute approximate surface area is 107 Å². The first-order valence-corrected chi connectivity index (χ1v) is 7.68. The topological polar surface area (TPSA) is 21.3 Å². The fraction of sp³-hybridized carbons (Fsp3) is 1.00. The summed E-state index contributed by atoms with van der Waals surface area (Å²) in [4.78, 5) is 0. The second-order valence-electron chi connectivity index (χ2n) is 5.95. The van der Waals surface area contributed by atoms with E-state index < -0.39 is 0 Å². The largest absolute Gasteiger partial charge is 0.374 e. The molecule has 0 spiro atoms. The molecule has 17 heavy (non-hydrogen) atoms. The van der Waals surface area contributed by atoms with Gasteiger partial charge in [0.05, 0.1) is 12.2 Å². The Morgan fingerprint density at radius 2 is 1.94 bits per heavy atom. The summed E-state index contributed by atoms with van der Waals surface area (Å²) in [6.07, 6.45) is 12.1. The van der Waals surface area contributed by atoms with Crippen LogP contribution in [-0.4, -0.2) is 24.8 Å². The molecule has 2 rings (SSSR count). The van der Waals surface area contributed by atoms with E-state index in [2.05, 4.69) is 19.2 Å². The lowest BCUT2D eigenvalue weighted by atomic mass is 9.95. The Bertz CT molecular complexity index is 213. The molecule has 2 fully saturated rings. The molecule has 0 radical (unpaired) electrons. The van der Waals surface area contributed by atoms with Crippen molar-refractivity contribution in [2.75, 3.05) is 6.54 Å². The molecule has 2 aliphatic rings. The maximum Gasteiger partial charge on any atom is 0.0732 e. The lowest BCUT2D eigenvalue weighted by Crippen LogP contribution is -2.40. The van der Waals surface area contributed by atoms with Gasteiger partial charge in [-0.05, 0) is 45.1 Å². The molecule has 100 valence electrons. The van der Waals surface area contributed by atoms with Crippen molar-refractivity contribution in [2.24, 2.45) is 5.92 Å². The maximum atomic E-state index is 6.03. The minimum Gasteiger partial charge on any atom is -0.374 e. The molecular formula is C15H29NO. The van der Waals surface area contributed by atoms with Crippen LogP contribution in [0.5, 0.6) is 0 Å². The third-order valence-electron chi connectivity index (χ3n) is 4.54. The highest BCUT2D eigenvalue weighted by molar-refractivity contribution is 4.83. The van der Waals surface area contributed by atoms with Crippen LogP contribution in [0.2, 0.25) is 0 Å². The summed E-state index contributed by atoms with van der Waals surface area (Å²) in [6.45, 7) is 5.49. The van der Waals surface area contributed by atoms with Crippen LogP contribution in [0.4, 0.5) is 0 Å². The van der Waals surface area contributed by atoms with Crippen LogP contribution >= 0.6 is 0 Å². The summed E-state index contributed by atoms with van der Waals surface area (Å²) < 4.78 is 6.03. The quantitative estimate of drug-likeness (QED) is 0.766. The maximum absolute atomic E-state index is 6.03. The number of ether oxygens (including phenoxy) is 1. The van der Waals surface area contributed by atoms with Gasteiger partial charge in [-0.3, -0.25) is 0 Å². The Morgan fingerprint density at radius 3 is 2.53 bits per heavy atom. The van der Waals surface area contributed by atoms with Gasteiger partial charge in [0.25, 0.3) is 0 Å². The Morgan fingerprint density at radius 1 is 1.18 bits per heavy atom. The van der Waals surface area contributed by atoms with Gasteiger partial charge in [-0.2, -0.15) is 0 Å². The van der Waals surface area contributed by atoms with Crippen molar-refractivity contribution >= 4 is 0 Å². The van der Waals surface area contributed by atoms with Gasteiger partial charge in [0.1, 0.15) is 0 Å². The van der Waals surface area contributed by atoms with Crippen molar-refractivity contribution in [1.82, 2.24) is 5.32 Å². The van der Waals surface area contributed by atoms with Crippen molar-refractivity contribution in [2.45, 2.75) is 83.5 Å². The lowest BCUT2D eigenvalue weighted by molar-refractivity contribution is 0.0290. The summed E-state index contributed by atoms with van der Waals surface area (Å²) in [5.41, 5.74) is 0. The minimum absolute atomic E-state index is 0.478. The van der Waals surface area contributed by atoms with E-state index >= 15 is 0 Å². The van der Waals surface area contributed by atoms with E-state index in [0.29, 0.717) is 18.2 Å². The van der Waals surface area contributed by atoms with E-state index in [-0.39, 0.29) is 0 Å². The highest BCUT2D eigenvalue weighted by Gasteiger charge is 2.29. The van der Waals surface area contributed by atoms with Gasteiger partial charge in [-0.15, -0.1) is 0 Å². The van der Waals surface area contributed by atoms with E-state index in [0.717, 1.165) is 12.5 Å². The third kappa shape index (κ3) is 3.96. The molecule has 0 bridgehead atoms. The fourth-order valence-electron chi connectivity index (χ4n) is 3.53. The first kappa shape index (κ1) is 13.4. The predicted octanol–water partition coefficient (Wildman–Crippen LogP) is 3.50. The normalized spacial score (nSPS) is 32.1. The van der Waals surface area contributed by atoms with Crippen molar-refractivity contribution in [1.29, 1.82) is 0 Å². The SMILES string of the molecule is CCNC(CCC1CCCC1)C1CCC(C)O1. The molecule has 0 aromatic heterocycles. The van der Waals surface area contributed by atoms with E-state index in [4.69, 9.17) is 4.74 Å². The summed E-state index contributed by atoms with van der Waals surface area (Å²) in [7, 11) is 0. The zero-order valence-corrected chi connectivity index (χ0v) is 11.6. The number of rotatable bonds is 6. The molecule has 1 N–H and O–H groups in total. The minimum atomic E-state index is 0.478. The van der Waals surface area contributed by atoms with Crippen LogP contribution in [0.25, 0.3) is 0 Å². The van der Waals surface area contributed by atoms with Crippen LogP contribution < -0.4 is 5.32 Å². The van der Waals surface area contributed by atoms with Gasteiger partial charge in [-0.25, -0.2) is 0 Å². The Balaban J connectivity index is 1.75. The number of hydrogen-bond donors (Lipinski definition) is 1. The molecule has 1 saturated heterocycles. The van der Waals surface area contributed by atoms with E-state index in [1.165, 1.54) is 51.4 Å². The molecule has 3 unspecified atom stereocenters. The van der Waals surface area contributed by atoms with Crippen LogP contribution in [0.15, 0.2) is 0 Å². The van der Waals surface area contributed by atoms with Gasteiger partial charge < -0.3 is 10.1 Å². The van der Waals surface area contributed by atoms with Gasteiger partial charge in [0, 0.05) is 6.04 Å². The highest BCUT2D eigenvalue weighted by Crippen LogP contribution is 2.31. The van der Waals surface area contributed by atoms with Crippen molar-refractivity contribution in [3.8, 4) is 0 Å². The van der Waals surface area contributed by atoms with Gasteiger partial charge in [0.15, 0.2) is 0 Å². The van der Waals surface area contributed by atoms with E-state index in [1.807, 2.05) is 0 Å². The van der Waals surface area contributed by atoms with Gasteiger partial charge >= 0.3 is 0 Å². The smallest absolute Gasteiger partial charge is 0.0732 e. The monoisotopic (exact) mass is 239 g/mol. The molecule has 1 saturated carbocycles. The zero-order chi connectivity index (χ0) is 12.1. The van der Waals surface area contributed by atoms with E-state index in [9.17, 15) is 0 Å². The van der Waals surface area contributed by atoms with Crippen LogP contribution in [0, 0.1) is 5.92 Å². The molecule has 0 aromatic carbocycles. The fourth-order valence-corrected chi connectivity index (χ4v) is 3.53. The zero-order valence-electron chi connectivity index (χ0n) is 11.6. The highest BCUT2D eigenvalue weighted by atomic mass is 16.5. The summed E-state index contributed by atoms with van der Waals surface area (Å²) >= 11 is 0. The molecule has 1 heterocycles. The predicted molar refractivity (Wildman–Crippen MR) is 72.2 cm³/mol. The Hall–Kier alpha value is -0.0800. The molecule has 1 aliphatic carbocycles. The van der Waals surface area contributed by atoms with E-state index in [1.54, 1.807) is 0 Å². The number of hydrogen-bond acceptors (Lipinski definition) is 2. The molecule has 0 amide bonds. The van der Waals surface area contributed by atoms with Crippen LogP contribution in [0.1, 0.15) is 65.2 Å². The number of likely N-dealkylation sites (N-methyl/N-ethyl adjacent to an activating group) is 1. The van der Waals surface area contributed by atoms with Crippen LogP contribution in [0.3, 0.4) is 0 Å². The van der Waals surface area contributed by atoms with Gasteiger partial charge in [-0.1, -0.05) is 32.6 Å². The average Bonchev–Trinajstić information content (AvgIpc) is 2.95. The molecule has 2 nitrogen and oxygen atoms in total. The van der Waals surface area contributed by atoms with Gasteiger partial charge in [0.2, 0.25) is 0 Å². The third-order valence-corrected chi connectivity index (χ3v) is 4.54. The van der Waals surface area contributed by atoms with Crippen molar-refractivity contribution in [3.63, 3.8) is 0 Å². The molecule has 3 atom stereocenters. The summed E-state index contributed by atoms with van der Waals surface area (Å²) in [6, 6.07) is 0.602. The molecule has 2 heteroatoms. The standard InChI is InChI=1S/C15H29NO/c1-3-16-14(15-11-8-12(2)17-15)10-9-13-6-4-5-7-13/h12-16H,3-11H2,1-2H3. The first-order chi connectivity index (χ1) is 8.29. The van der Waals surface area contributed by atoms with Crippen LogP contribution in [-0.2, 0) is 4.74 Å². The first-order valence-electron chi connectivity index (χ1n) is 7.68. The molecule has 1 aliphatic heterocycles. The second-order valence-corrected chi connectivity index (χ2v) is 5.95. The van der Waals surface area contributed by atoms with Crippen molar-refractivity contribution < 1.29 is 4.74 Å². The van der Waals surface area contributed by atoms with Crippen molar-refractivity contribution in [3.05, 3.63) is 0 Å². The average molecular weight is 239 g/mol.